The number of likely N-dealkylation sites (tertiary alicyclic amines) is 1. The van der Waals surface area contributed by atoms with Gasteiger partial charge in [-0.05, 0) is 43.7 Å². The summed E-state index contributed by atoms with van der Waals surface area (Å²) in [5.74, 6) is -0.565. The first kappa shape index (κ1) is 15.3. The minimum absolute atomic E-state index is 0.0745. The van der Waals surface area contributed by atoms with Gasteiger partial charge in [-0.1, -0.05) is 11.6 Å². The van der Waals surface area contributed by atoms with Crippen molar-refractivity contribution < 1.29 is 13.9 Å². The zero-order chi connectivity index (χ0) is 15.9. The molecule has 118 valence electrons. The molecule has 1 fully saturated rings. The number of ether oxygens (including phenoxy) is 1. The highest BCUT2D eigenvalue weighted by atomic mass is 35.5. The van der Waals surface area contributed by atoms with Crippen molar-refractivity contribution in [3.8, 4) is 0 Å². The van der Waals surface area contributed by atoms with Crippen molar-refractivity contribution in [2.24, 2.45) is 0 Å². The first-order valence-corrected chi connectivity index (χ1v) is 7.66. The van der Waals surface area contributed by atoms with Crippen LogP contribution in [0.3, 0.4) is 0 Å². The number of hydrogen-bond acceptors (Lipinski definition) is 3. The normalized spacial score (nSPS) is 22.4. The van der Waals surface area contributed by atoms with Crippen molar-refractivity contribution in [1.29, 1.82) is 0 Å². The van der Waals surface area contributed by atoms with Gasteiger partial charge < -0.3 is 9.72 Å². The molecule has 0 aliphatic carbocycles. The van der Waals surface area contributed by atoms with Crippen molar-refractivity contribution in [2.75, 3.05) is 13.6 Å². The Morgan fingerprint density at radius 3 is 3.05 bits per heavy atom. The molecular weight excluding hydrogens is 307 g/mol. The summed E-state index contributed by atoms with van der Waals surface area (Å²) in [6, 6.07) is 4.67. The second kappa shape index (κ2) is 5.89. The lowest BCUT2D eigenvalue weighted by Gasteiger charge is -2.24. The topological polar surface area (TPSA) is 45.3 Å². The number of carbonyl (C=O) groups is 1. The van der Waals surface area contributed by atoms with Crippen LogP contribution in [-0.4, -0.2) is 41.6 Å². The molecule has 1 aromatic heterocycles. The largest absolute Gasteiger partial charge is 0.461 e. The molecule has 1 aliphatic heterocycles. The van der Waals surface area contributed by atoms with Gasteiger partial charge in [-0.2, -0.15) is 0 Å². The summed E-state index contributed by atoms with van der Waals surface area (Å²) in [6.45, 7) is 2.30. The maximum Gasteiger partial charge on any atom is 0.302 e. The van der Waals surface area contributed by atoms with Crippen molar-refractivity contribution in [2.45, 2.75) is 31.9 Å². The Labute approximate surface area is 133 Å². The molecule has 2 heterocycles. The number of hydrogen-bond donors (Lipinski definition) is 1. The van der Waals surface area contributed by atoms with Crippen LogP contribution in [0.2, 0.25) is 5.15 Å². The van der Waals surface area contributed by atoms with Gasteiger partial charge in [0, 0.05) is 24.4 Å². The van der Waals surface area contributed by atoms with E-state index in [0.29, 0.717) is 17.1 Å². The van der Waals surface area contributed by atoms with Gasteiger partial charge in [0.1, 0.15) is 17.1 Å². The third-order valence-corrected chi connectivity index (χ3v) is 4.63. The molecule has 0 amide bonds. The summed E-state index contributed by atoms with van der Waals surface area (Å²) in [6.07, 6.45) is 1.33. The van der Waals surface area contributed by atoms with Crippen molar-refractivity contribution in [3.63, 3.8) is 0 Å². The van der Waals surface area contributed by atoms with E-state index in [1.807, 2.05) is 7.05 Å². The fourth-order valence-electron chi connectivity index (χ4n) is 3.21. The number of fused-ring (bicyclic) bond motifs is 1. The number of H-pyrrole nitrogens is 1. The van der Waals surface area contributed by atoms with Gasteiger partial charge in [-0.25, -0.2) is 4.39 Å². The van der Waals surface area contributed by atoms with Crippen LogP contribution in [0.5, 0.6) is 0 Å². The predicted octanol–water partition coefficient (Wildman–Crippen LogP) is 3.14. The van der Waals surface area contributed by atoms with Crippen LogP contribution in [0, 0.1) is 5.82 Å². The number of nitrogens with one attached hydrogen (secondary N) is 1. The SMILES string of the molecule is CC(=O)O[C@H]1CCN(C)[C@@H]1Cc1c(Cl)[nH]c2cc(F)ccc12. The van der Waals surface area contributed by atoms with Crippen LogP contribution >= 0.6 is 11.6 Å². The molecule has 3 rings (SSSR count). The first-order chi connectivity index (χ1) is 10.5. The highest BCUT2D eigenvalue weighted by molar-refractivity contribution is 6.31. The van der Waals surface area contributed by atoms with E-state index in [2.05, 4.69) is 9.88 Å². The van der Waals surface area contributed by atoms with Gasteiger partial charge in [-0.15, -0.1) is 0 Å². The maximum absolute atomic E-state index is 13.3. The van der Waals surface area contributed by atoms with Crippen LogP contribution in [-0.2, 0) is 16.0 Å². The average molecular weight is 325 g/mol. The number of esters is 1. The summed E-state index contributed by atoms with van der Waals surface area (Å²) in [7, 11) is 2.01. The standard InChI is InChI=1S/C16H18ClFN2O2/c1-9(21)22-15-5-6-20(2)14(15)8-12-11-4-3-10(18)7-13(11)19-16(12)17/h3-4,7,14-15,19H,5-6,8H2,1-2H3/t14-,15+/m1/s1. The number of rotatable bonds is 3. The van der Waals surface area contributed by atoms with Gasteiger partial charge in [0.15, 0.2) is 0 Å². The lowest BCUT2D eigenvalue weighted by molar-refractivity contribution is -0.147. The number of aromatic nitrogens is 1. The number of aromatic amines is 1. The Bertz CT molecular complexity index is 715. The van der Waals surface area contributed by atoms with Crippen molar-refractivity contribution in [1.82, 2.24) is 9.88 Å². The Morgan fingerprint density at radius 1 is 1.55 bits per heavy atom. The van der Waals surface area contributed by atoms with Gasteiger partial charge in [0.25, 0.3) is 0 Å². The molecule has 0 radical (unpaired) electrons. The number of nitrogens with zero attached hydrogens (tertiary/aromatic N) is 1. The molecule has 6 heteroatoms. The molecule has 1 aromatic carbocycles. The third kappa shape index (κ3) is 2.83. The Balaban J connectivity index is 1.91. The van der Waals surface area contributed by atoms with Crippen LogP contribution in [0.25, 0.3) is 10.9 Å². The summed E-state index contributed by atoms with van der Waals surface area (Å²) in [4.78, 5) is 16.4. The van der Waals surface area contributed by atoms with Crippen LogP contribution < -0.4 is 0 Å². The van der Waals surface area contributed by atoms with E-state index >= 15 is 0 Å². The molecule has 0 spiro atoms. The fraction of sp³-hybridized carbons (Fsp3) is 0.438. The van der Waals surface area contributed by atoms with Gasteiger partial charge in [-0.3, -0.25) is 9.69 Å². The van der Waals surface area contributed by atoms with Crippen molar-refractivity contribution in [3.05, 3.63) is 34.7 Å². The highest BCUT2D eigenvalue weighted by Crippen LogP contribution is 2.31. The average Bonchev–Trinajstić information content (AvgIpc) is 2.92. The second-order valence-corrected chi connectivity index (χ2v) is 6.17. The van der Waals surface area contributed by atoms with E-state index in [9.17, 15) is 9.18 Å². The maximum atomic E-state index is 13.3. The molecule has 1 N–H and O–H groups in total. The first-order valence-electron chi connectivity index (χ1n) is 7.28. The van der Waals surface area contributed by atoms with Crippen LogP contribution in [0.1, 0.15) is 18.9 Å². The molecule has 4 nitrogen and oxygen atoms in total. The van der Waals surface area contributed by atoms with E-state index in [4.69, 9.17) is 16.3 Å². The number of carbonyl (C=O) groups excluding carboxylic acids is 1. The molecule has 1 saturated heterocycles. The highest BCUT2D eigenvalue weighted by Gasteiger charge is 2.35. The van der Waals surface area contributed by atoms with Gasteiger partial charge in [0.05, 0.1) is 6.04 Å². The molecule has 22 heavy (non-hydrogen) atoms. The Hall–Kier alpha value is -1.59. The monoisotopic (exact) mass is 324 g/mol. The van der Waals surface area contributed by atoms with E-state index < -0.39 is 0 Å². The van der Waals surface area contributed by atoms with Crippen molar-refractivity contribution >= 4 is 28.5 Å². The molecule has 1 aliphatic rings. The lowest BCUT2D eigenvalue weighted by atomic mass is 10.0. The predicted molar refractivity (Wildman–Crippen MR) is 83.6 cm³/mol. The lowest BCUT2D eigenvalue weighted by Crippen LogP contribution is -2.36. The number of likely N-dealkylation sites (N-methyl/N-ethyl adjacent to an activating group) is 1. The Kier molecular flexibility index (Phi) is 4.10. The molecule has 2 aromatic rings. The molecule has 0 unspecified atom stereocenters. The Morgan fingerprint density at radius 2 is 2.32 bits per heavy atom. The zero-order valence-electron chi connectivity index (χ0n) is 12.5. The summed E-state index contributed by atoms with van der Waals surface area (Å²) in [5, 5.41) is 1.43. The quantitative estimate of drug-likeness (QED) is 0.882. The number of halogens is 2. The molecule has 2 atom stereocenters. The van der Waals surface area contributed by atoms with Gasteiger partial charge >= 0.3 is 5.97 Å². The summed E-state index contributed by atoms with van der Waals surface area (Å²) in [5.41, 5.74) is 1.62. The summed E-state index contributed by atoms with van der Waals surface area (Å²) < 4.78 is 18.7. The minimum atomic E-state index is -0.298. The number of benzene rings is 1. The zero-order valence-corrected chi connectivity index (χ0v) is 13.3. The van der Waals surface area contributed by atoms with Crippen LogP contribution in [0.15, 0.2) is 18.2 Å². The van der Waals surface area contributed by atoms with E-state index in [1.165, 1.54) is 19.1 Å². The smallest absolute Gasteiger partial charge is 0.302 e. The van der Waals surface area contributed by atoms with E-state index in [-0.39, 0.29) is 23.9 Å². The fourth-order valence-corrected chi connectivity index (χ4v) is 3.50. The molecule has 0 bridgehead atoms. The van der Waals surface area contributed by atoms with E-state index in [0.717, 1.165) is 23.9 Å². The third-order valence-electron chi connectivity index (χ3n) is 4.31. The minimum Gasteiger partial charge on any atom is -0.461 e. The van der Waals surface area contributed by atoms with Crippen LogP contribution in [0.4, 0.5) is 4.39 Å². The molecular formula is C16H18ClFN2O2. The summed E-state index contributed by atoms with van der Waals surface area (Å²) >= 11 is 6.30. The van der Waals surface area contributed by atoms with Gasteiger partial charge in [0.2, 0.25) is 0 Å². The molecule has 0 saturated carbocycles. The second-order valence-electron chi connectivity index (χ2n) is 5.80. The van der Waals surface area contributed by atoms with E-state index in [1.54, 1.807) is 6.07 Å².